The molecule has 4 aromatic rings. The largest absolute Gasteiger partial charge is 0.461 e. The van der Waals surface area contributed by atoms with Gasteiger partial charge in [0.2, 0.25) is 0 Å². The Morgan fingerprint density at radius 2 is 1.89 bits per heavy atom. The highest BCUT2D eigenvalue weighted by atomic mass is 16.5. The van der Waals surface area contributed by atoms with Gasteiger partial charge in [-0.25, -0.2) is 14.6 Å². The van der Waals surface area contributed by atoms with Crippen LogP contribution in [0.1, 0.15) is 31.2 Å². The van der Waals surface area contributed by atoms with Crippen molar-refractivity contribution < 1.29 is 23.5 Å². The first-order valence-electron chi connectivity index (χ1n) is 11.1. The van der Waals surface area contributed by atoms with Crippen molar-refractivity contribution in [2.45, 2.75) is 32.8 Å². The Hall–Kier alpha value is -4.47. The average Bonchev–Trinajstić information content (AvgIpc) is 2.82. The molecule has 2 heterocycles. The molecule has 2 N–H and O–H groups in total. The third-order valence-electron chi connectivity index (χ3n) is 5.20. The van der Waals surface area contributed by atoms with Crippen molar-refractivity contribution in [2.75, 3.05) is 11.9 Å². The molecule has 0 bridgehead atoms. The quantitative estimate of drug-likeness (QED) is 0.289. The molecule has 180 valence electrons. The summed E-state index contributed by atoms with van der Waals surface area (Å²) in [5, 5.41) is 3.63. The number of aromatic amines is 1. The number of amides is 1. The summed E-state index contributed by atoms with van der Waals surface area (Å²) in [5.74, 6) is 0.0514. The predicted molar refractivity (Wildman–Crippen MR) is 128 cm³/mol. The summed E-state index contributed by atoms with van der Waals surface area (Å²) in [6.45, 7) is 1.80. The Bertz CT molecular complexity index is 1510. The minimum Gasteiger partial charge on any atom is -0.461 e. The molecule has 10 heteroatoms. The average molecular weight is 477 g/mol. The second kappa shape index (κ2) is 10.6. The summed E-state index contributed by atoms with van der Waals surface area (Å²) >= 11 is 0. The number of benzene rings is 2. The van der Waals surface area contributed by atoms with Gasteiger partial charge in [-0.05, 0) is 37.6 Å². The molecule has 2 aromatic heterocycles. The molecule has 0 aliphatic rings. The number of hydrogen-bond donors (Lipinski definition) is 2. The second-order valence-electron chi connectivity index (χ2n) is 7.69. The first-order chi connectivity index (χ1) is 16.9. The number of fused-ring (bicyclic) bond motifs is 2. The fraction of sp³-hybridized carbons (Fsp3) is 0.240. The van der Waals surface area contributed by atoms with Crippen molar-refractivity contribution in [3.05, 3.63) is 80.7 Å². The Morgan fingerprint density at radius 3 is 2.71 bits per heavy atom. The first-order valence-corrected chi connectivity index (χ1v) is 11.1. The maximum absolute atomic E-state index is 12.3. The van der Waals surface area contributed by atoms with Crippen LogP contribution in [0.4, 0.5) is 10.5 Å². The van der Waals surface area contributed by atoms with Crippen molar-refractivity contribution in [3.8, 4) is 0 Å². The zero-order chi connectivity index (χ0) is 24.8. The summed E-state index contributed by atoms with van der Waals surface area (Å²) in [5.41, 5.74) is 0.890. The molecule has 0 unspecified atom stereocenters. The maximum atomic E-state index is 12.3. The molecule has 0 saturated heterocycles. The maximum Gasteiger partial charge on any atom is 0.411 e. The third-order valence-corrected chi connectivity index (χ3v) is 5.20. The zero-order valence-corrected chi connectivity index (χ0v) is 19.0. The number of para-hydroxylation sites is 1. The van der Waals surface area contributed by atoms with E-state index in [1.807, 2.05) is 6.07 Å². The monoisotopic (exact) mass is 477 g/mol. The number of ether oxygens (including phenoxy) is 2. The van der Waals surface area contributed by atoms with Gasteiger partial charge >= 0.3 is 17.7 Å². The molecular formula is C25H23N3O7. The van der Waals surface area contributed by atoms with Gasteiger partial charge in [-0.15, -0.1) is 0 Å². The number of anilines is 1. The van der Waals surface area contributed by atoms with Gasteiger partial charge in [0.25, 0.3) is 5.56 Å². The van der Waals surface area contributed by atoms with Crippen LogP contribution >= 0.6 is 0 Å². The molecule has 4 rings (SSSR count). The highest BCUT2D eigenvalue weighted by Gasteiger charge is 2.12. The lowest BCUT2D eigenvalue weighted by atomic mass is 10.1. The standard InChI is InChI=1S/C25H23N3O7/c1-2-33-25(32)26-16-10-11-17-15(12-23(30)35-20(17)13-16)14-34-22(29)9-5-8-21-27-19-7-4-3-6-18(19)24(31)28-21/h3-4,6-7,10-13H,2,5,8-9,14H2,1H3,(H,26,32)(H,27,28,31). The normalized spacial score (nSPS) is 10.9. The SMILES string of the molecule is CCOC(=O)Nc1ccc2c(COC(=O)CCCc3nc4ccccc4c(=O)[nH]3)cc(=O)oc2c1. The number of aromatic nitrogens is 2. The lowest BCUT2D eigenvalue weighted by molar-refractivity contribution is -0.145. The fourth-order valence-electron chi connectivity index (χ4n) is 3.60. The number of rotatable bonds is 8. The van der Waals surface area contributed by atoms with E-state index in [1.165, 1.54) is 12.1 Å². The van der Waals surface area contributed by atoms with Gasteiger partial charge in [0.15, 0.2) is 0 Å². The number of nitrogens with zero attached hydrogens (tertiary/aromatic N) is 1. The van der Waals surface area contributed by atoms with Crippen LogP contribution in [0.2, 0.25) is 0 Å². The summed E-state index contributed by atoms with van der Waals surface area (Å²) in [4.78, 5) is 55.2. The van der Waals surface area contributed by atoms with Crippen LogP contribution in [0.15, 0.2) is 62.5 Å². The topological polar surface area (TPSA) is 141 Å². The molecule has 0 spiro atoms. The van der Waals surface area contributed by atoms with Crippen molar-refractivity contribution in [2.24, 2.45) is 0 Å². The van der Waals surface area contributed by atoms with Gasteiger partial charge in [-0.1, -0.05) is 12.1 Å². The second-order valence-corrected chi connectivity index (χ2v) is 7.69. The number of H-pyrrole nitrogens is 1. The van der Waals surface area contributed by atoms with E-state index in [9.17, 15) is 19.2 Å². The molecule has 0 aliphatic heterocycles. The van der Waals surface area contributed by atoms with Crippen molar-refractivity contribution >= 4 is 39.6 Å². The Morgan fingerprint density at radius 1 is 1.06 bits per heavy atom. The predicted octanol–water partition coefficient (Wildman–Crippen LogP) is 3.66. The lowest BCUT2D eigenvalue weighted by Gasteiger charge is -2.09. The number of aryl methyl sites for hydroxylation is 1. The minimum absolute atomic E-state index is 0.114. The lowest BCUT2D eigenvalue weighted by Crippen LogP contribution is -2.13. The molecule has 2 aromatic carbocycles. The fourth-order valence-corrected chi connectivity index (χ4v) is 3.60. The van der Waals surface area contributed by atoms with Crippen LogP contribution in [0.25, 0.3) is 21.9 Å². The minimum atomic E-state index is -0.623. The summed E-state index contributed by atoms with van der Waals surface area (Å²) in [6.07, 6.45) is 0.329. The Kier molecular flexibility index (Phi) is 7.20. The van der Waals surface area contributed by atoms with Gasteiger partial charge in [-0.2, -0.15) is 0 Å². The molecule has 10 nitrogen and oxygen atoms in total. The van der Waals surface area contributed by atoms with Crippen LogP contribution in [-0.2, 0) is 27.3 Å². The van der Waals surface area contributed by atoms with E-state index >= 15 is 0 Å². The number of hydrogen-bond acceptors (Lipinski definition) is 8. The number of carbonyl (C=O) groups is 2. The van der Waals surface area contributed by atoms with Crippen LogP contribution in [0, 0.1) is 0 Å². The molecule has 0 saturated carbocycles. The van der Waals surface area contributed by atoms with Crippen LogP contribution in [0.5, 0.6) is 0 Å². The van der Waals surface area contributed by atoms with Crippen LogP contribution in [-0.4, -0.2) is 28.6 Å². The molecule has 0 fully saturated rings. The van der Waals surface area contributed by atoms with E-state index < -0.39 is 17.7 Å². The summed E-state index contributed by atoms with van der Waals surface area (Å²) < 4.78 is 15.4. The molecule has 1 amide bonds. The molecule has 35 heavy (non-hydrogen) atoms. The highest BCUT2D eigenvalue weighted by Crippen LogP contribution is 2.22. The van der Waals surface area contributed by atoms with Gasteiger partial charge in [-0.3, -0.25) is 14.9 Å². The van der Waals surface area contributed by atoms with Crippen molar-refractivity contribution in [1.29, 1.82) is 0 Å². The molecular weight excluding hydrogens is 454 g/mol. The van der Waals surface area contributed by atoms with Gasteiger partial charge in [0, 0.05) is 41.6 Å². The van der Waals surface area contributed by atoms with Crippen LogP contribution in [0.3, 0.4) is 0 Å². The van der Waals surface area contributed by atoms with E-state index in [0.29, 0.717) is 46.2 Å². The molecule has 0 atom stereocenters. The summed E-state index contributed by atoms with van der Waals surface area (Å²) in [7, 11) is 0. The number of esters is 1. The van der Waals surface area contributed by atoms with E-state index in [4.69, 9.17) is 13.9 Å². The smallest absolute Gasteiger partial charge is 0.411 e. The Balaban J connectivity index is 1.36. The van der Waals surface area contributed by atoms with Crippen molar-refractivity contribution in [1.82, 2.24) is 9.97 Å². The number of nitrogens with one attached hydrogen (secondary N) is 2. The first kappa shape index (κ1) is 23.7. The van der Waals surface area contributed by atoms with E-state index in [1.54, 1.807) is 37.3 Å². The van der Waals surface area contributed by atoms with E-state index in [2.05, 4.69) is 15.3 Å². The van der Waals surface area contributed by atoms with Gasteiger partial charge < -0.3 is 18.9 Å². The van der Waals surface area contributed by atoms with E-state index in [0.717, 1.165) is 0 Å². The van der Waals surface area contributed by atoms with Crippen LogP contribution < -0.4 is 16.5 Å². The number of carbonyl (C=O) groups excluding carboxylic acids is 2. The highest BCUT2D eigenvalue weighted by molar-refractivity contribution is 5.90. The van der Waals surface area contributed by atoms with Crippen molar-refractivity contribution in [3.63, 3.8) is 0 Å². The third kappa shape index (κ3) is 5.91. The summed E-state index contributed by atoms with van der Waals surface area (Å²) in [6, 6.07) is 13.1. The van der Waals surface area contributed by atoms with Gasteiger partial charge in [0.1, 0.15) is 18.0 Å². The zero-order valence-electron chi connectivity index (χ0n) is 19.0. The molecule has 0 radical (unpaired) electrons. The Labute approximate surface area is 198 Å². The molecule has 0 aliphatic carbocycles. The van der Waals surface area contributed by atoms with Gasteiger partial charge in [0.05, 0.1) is 17.5 Å². The van der Waals surface area contributed by atoms with E-state index in [-0.39, 0.29) is 30.8 Å².